The van der Waals surface area contributed by atoms with Gasteiger partial charge in [-0.1, -0.05) is 6.07 Å². The Hall–Kier alpha value is -3.60. The molecule has 1 aliphatic rings. The van der Waals surface area contributed by atoms with E-state index < -0.39 is 34.4 Å². The molecule has 10 nitrogen and oxygen atoms in total. The number of sulfonamides is 1. The van der Waals surface area contributed by atoms with Crippen LogP contribution in [0, 0.1) is 0 Å². The van der Waals surface area contributed by atoms with Crippen molar-refractivity contribution in [1.29, 1.82) is 0 Å². The number of carboxylic acid groups (broad SMARTS) is 2. The molecule has 3 N–H and O–H groups in total. The predicted octanol–water partition coefficient (Wildman–Crippen LogP) is 0.996. The molecule has 2 aromatic rings. The molecule has 0 spiro atoms. The molecule has 28 heavy (non-hydrogen) atoms. The number of carboxylic acids is 2. The van der Waals surface area contributed by atoms with Gasteiger partial charge >= 0.3 is 11.9 Å². The van der Waals surface area contributed by atoms with Crippen molar-refractivity contribution in [3.8, 4) is 5.75 Å². The minimum absolute atomic E-state index is 0.0146. The van der Waals surface area contributed by atoms with E-state index in [1.54, 1.807) is 0 Å². The summed E-state index contributed by atoms with van der Waals surface area (Å²) < 4.78 is 32.8. The predicted molar refractivity (Wildman–Crippen MR) is 96.1 cm³/mol. The van der Waals surface area contributed by atoms with Crippen molar-refractivity contribution in [1.82, 2.24) is 0 Å². The molecule has 3 rings (SSSR count). The maximum absolute atomic E-state index is 12.7. The van der Waals surface area contributed by atoms with Gasteiger partial charge in [0.25, 0.3) is 15.9 Å². The van der Waals surface area contributed by atoms with Crippen molar-refractivity contribution in [3.05, 3.63) is 48.0 Å². The second kappa shape index (κ2) is 7.19. The molecule has 1 heterocycles. The van der Waals surface area contributed by atoms with Gasteiger partial charge in [-0.05, 0) is 36.4 Å². The molecule has 0 unspecified atom stereocenters. The van der Waals surface area contributed by atoms with Crippen LogP contribution >= 0.6 is 0 Å². The third-order valence-corrected chi connectivity index (χ3v) is 5.22. The maximum Gasteiger partial charge on any atom is 0.335 e. The number of ether oxygens (including phenoxy) is 1. The third-order valence-electron chi connectivity index (χ3n) is 3.84. The first-order valence-electron chi connectivity index (χ1n) is 7.82. The number of nitrogens with one attached hydrogen (secondary N) is 1. The van der Waals surface area contributed by atoms with E-state index in [1.165, 1.54) is 30.3 Å². The van der Waals surface area contributed by atoms with Gasteiger partial charge in [0.15, 0.2) is 6.61 Å². The highest BCUT2D eigenvalue weighted by atomic mass is 32.2. The fourth-order valence-corrected chi connectivity index (χ4v) is 3.66. The number of anilines is 2. The molecule has 11 heteroatoms. The third kappa shape index (κ3) is 3.88. The summed E-state index contributed by atoms with van der Waals surface area (Å²) in [5.41, 5.74) is -0.0505. The lowest BCUT2D eigenvalue weighted by Gasteiger charge is -2.28. The number of aliphatic carboxylic acids is 1. The summed E-state index contributed by atoms with van der Waals surface area (Å²) >= 11 is 0. The molecule has 1 amide bonds. The fourth-order valence-electron chi connectivity index (χ4n) is 2.59. The van der Waals surface area contributed by atoms with Crippen molar-refractivity contribution in [3.63, 3.8) is 0 Å². The summed E-state index contributed by atoms with van der Waals surface area (Å²) in [6.45, 7) is -1.00. The van der Waals surface area contributed by atoms with Gasteiger partial charge in [-0.3, -0.25) is 19.2 Å². The van der Waals surface area contributed by atoms with Crippen LogP contribution in [0.3, 0.4) is 0 Å². The minimum atomic E-state index is -4.14. The van der Waals surface area contributed by atoms with E-state index in [4.69, 9.17) is 14.9 Å². The molecule has 146 valence electrons. The quantitative estimate of drug-likeness (QED) is 0.643. The normalized spacial score (nSPS) is 13.4. The van der Waals surface area contributed by atoms with Crippen LogP contribution in [-0.4, -0.2) is 49.6 Å². The van der Waals surface area contributed by atoms with E-state index in [-0.39, 0.29) is 34.2 Å². The summed E-state index contributed by atoms with van der Waals surface area (Å²) in [6.07, 6.45) is 0. The minimum Gasteiger partial charge on any atom is -0.482 e. The Morgan fingerprint density at radius 3 is 2.57 bits per heavy atom. The largest absolute Gasteiger partial charge is 0.482 e. The van der Waals surface area contributed by atoms with Crippen molar-refractivity contribution in [2.75, 3.05) is 22.8 Å². The van der Waals surface area contributed by atoms with Gasteiger partial charge in [-0.25, -0.2) is 13.2 Å². The number of hydrogen-bond donors (Lipinski definition) is 3. The number of fused-ring (bicyclic) bond motifs is 1. The number of aromatic carboxylic acids is 1. The number of hydrogen-bond acceptors (Lipinski definition) is 6. The van der Waals surface area contributed by atoms with Crippen molar-refractivity contribution >= 4 is 39.2 Å². The van der Waals surface area contributed by atoms with Gasteiger partial charge in [0, 0.05) is 5.69 Å². The number of carbonyl (C=O) groups is 3. The Kier molecular flexibility index (Phi) is 4.92. The molecule has 2 aromatic carbocycles. The molecule has 1 aliphatic heterocycles. The number of benzene rings is 2. The summed E-state index contributed by atoms with van der Waals surface area (Å²) in [5, 5.41) is 18.0. The summed E-state index contributed by atoms with van der Waals surface area (Å²) in [5.74, 6) is -2.92. The molecule has 0 aliphatic carbocycles. The first kappa shape index (κ1) is 19.2. The number of rotatable bonds is 6. The Morgan fingerprint density at radius 1 is 1.14 bits per heavy atom. The second-order valence-electron chi connectivity index (χ2n) is 5.78. The van der Waals surface area contributed by atoms with E-state index in [9.17, 15) is 22.8 Å². The van der Waals surface area contributed by atoms with Crippen LogP contribution in [0.25, 0.3) is 0 Å². The van der Waals surface area contributed by atoms with Crippen molar-refractivity contribution < 1.29 is 37.8 Å². The van der Waals surface area contributed by atoms with Crippen LogP contribution in [0.2, 0.25) is 0 Å². The molecule has 0 radical (unpaired) electrons. The Morgan fingerprint density at radius 2 is 1.89 bits per heavy atom. The smallest absolute Gasteiger partial charge is 0.335 e. The number of carbonyl (C=O) groups excluding carboxylic acids is 1. The van der Waals surface area contributed by atoms with Gasteiger partial charge in [-0.2, -0.15) is 0 Å². The van der Waals surface area contributed by atoms with Crippen LogP contribution in [0.4, 0.5) is 11.4 Å². The van der Waals surface area contributed by atoms with Crippen LogP contribution in [0.1, 0.15) is 10.4 Å². The first-order chi connectivity index (χ1) is 13.2. The maximum atomic E-state index is 12.7. The lowest BCUT2D eigenvalue weighted by Crippen LogP contribution is -2.42. The van der Waals surface area contributed by atoms with Gasteiger partial charge in [0.1, 0.15) is 12.3 Å². The monoisotopic (exact) mass is 406 g/mol. The molecule has 0 saturated heterocycles. The van der Waals surface area contributed by atoms with Crippen molar-refractivity contribution in [2.45, 2.75) is 4.90 Å². The average Bonchev–Trinajstić information content (AvgIpc) is 2.63. The SMILES string of the molecule is O=C(O)CN1C(=O)COc2ccc(S(=O)(=O)Nc3cccc(C(=O)O)c3)cc21. The molecule has 0 atom stereocenters. The lowest BCUT2D eigenvalue weighted by atomic mass is 10.2. The Balaban J connectivity index is 1.96. The summed E-state index contributed by atoms with van der Waals surface area (Å²) in [4.78, 5) is 34.7. The Bertz CT molecular complexity index is 1080. The molecular weight excluding hydrogens is 392 g/mol. The van der Waals surface area contributed by atoms with Gasteiger partial charge in [-0.15, -0.1) is 0 Å². The highest BCUT2D eigenvalue weighted by Crippen LogP contribution is 2.34. The number of amides is 1. The van der Waals surface area contributed by atoms with Crippen LogP contribution in [0.15, 0.2) is 47.4 Å². The van der Waals surface area contributed by atoms with Gasteiger partial charge in [0.2, 0.25) is 0 Å². The van der Waals surface area contributed by atoms with E-state index in [0.29, 0.717) is 0 Å². The van der Waals surface area contributed by atoms with Gasteiger partial charge in [0.05, 0.1) is 16.1 Å². The molecule has 0 saturated carbocycles. The Labute approximate surface area is 159 Å². The molecule has 0 bridgehead atoms. The summed E-state index contributed by atoms with van der Waals surface area (Å²) in [6, 6.07) is 8.91. The van der Waals surface area contributed by atoms with Crippen LogP contribution in [0.5, 0.6) is 5.75 Å². The number of nitrogens with zero attached hydrogens (tertiary/aromatic N) is 1. The highest BCUT2D eigenvalue weighted by Gasteiger charge is 2.29. The zero-order valence-electron chi connectivity index (χ0n) is 14.2. The van der Waals surface area contributed by atoms with E-state index in [2.05, 4.69) is 4.72 Å². The fraction of sp³-hybridized carbons (Fsp3) is 0.118. The van der Waals surface area contributed by atoms with Crippen molar-refractivity contribution in [2.24, 2.45) is 0 Å². The molecule has 0 fully saturated rings. The zero-order valence-corrected chi connectivity index (χ0v) is 15.0. The van der Waals surface area contributed by atoms with E-state index in [1.807, 2.05) is 0 Å². The molecular formula is C17H14N2O8S. The average molecular weight is 406 g/mol. The van der Waals surface area contributed by atoms with Crippen LogP contribution < -0.4 is 14.4 Å². The van der Waals surface area contributed by atoms with Crippen LogP contribution in [-0.2, 0) is 19.6 Å². The van der Waals surface area contributed by atoms with E-state index in [0.717, 1.165) is 17.0 Å². The lowest BCUT2D eigenvalue weighted by molar-refractivity contribution is -0.137. The summed E-state index contributed by atoms with van der Waals surface area (Å²) in [7, 11) is -4.14. The molecule has 0 aromatic heterocycles. The van der Waals surface area contributed by atoms with Gasteiger partial charge < -0.3 is 14.9 Å². The standard InChI is InChI=1S/C17H14N2O8S/c20-15-9-27-14-5-4-12(7-13(14)19(15)8-16(21)22)28(25,26)18-11-3-1-2-10(6-11)17(23)24/h1-7,18H,8-9H2,(H,21,22)(H,23,24). The first-order valence-corrected chi connectivity index (χ1v) is 9.31. The van der Waals surface area contributed by atoms with E-state index >= 15 is 0 Å². The zero-order chi connectivity index (χ0) is 20.5. The highest BCUT2D eigenvalue weighted by molar-refractivity contribution is 7.92. The topological polar surface area (TPSA) is 150 Å². The second-order valence-corrected chi connectivity index (χ2v) is 7.47.